The van der Waals surface area contributed by atoms with Crippen LogP contribution in [0.2, 0.25) is 10.4 Å². The highest BCUT2D eigenvalue weighted by atomic mass is 35.5. The van der Waals surface area contributed by atoms with E-state index in [1.54, 1.807) is 6.92 Å². The maximum Gasteiger partial charge on any atom is 0.228 e. The van der Waals surface area contributed by atoms with Gasteiger partial charge < -0.3 is 4.90 Å². The van der Waals surface area contributed by atoms with Gasteiger partial charge in [-0.25, -0.2) is 9.97 Å². The van der Waals surface area contributed by atoms with Crippen LogP contribution in [-0.4, -0.2) is 32.8 Å². The van der Waals surface area contributed by atoms with Gasteiger partial charge in [0.2, 0.25) is 11.2 Å². The van der Waals surface area contributed by atoms with Crippen molar-refractivity contribution in [3.63, 3.8) is 0 Å². The molecule has 0 aliphatic carbocycles. The summed E-state index contributed by atoms with van der Waals surface area (Å²) in [5.74, 6) is -0.0883. The second kappa shape index (κ2) is 5.64. The third-order valence-corrected chi connectivity index (χ3v) is 4.09. The summed E-state index contributed by atoms with van der Waals surface area (Å²) < 4.78 is 0. The van der Waals surface area contributed by atoms with Crippen LogP contribution in [0.15, 0.2) is 0 Å². The van der Waals surface area contributed by atoms with E-state index in [0.29, 0.717) is 24.3 Å². The first kappa shape index (κ1) is 14.6. The molecule has 0 N–H and O–H groups in total. The Bertz CT molecular complexity index is 530. The van der Waals surface area contributed by atoms with Crippen molar-refractivity contribution in [1.82, 2.24) is 9.97 Å². The molecule has 5 nitrogen and oxygen atoms in total. The molecule has 1 aliphatic heterocycles. The van der Waals surface area contributed by atoms with Crippen molar-refractivity contribution >= 4 is 51.7 Å². The Labute approximate surface area is 124 Å². The number of nitrogens with zero attached hydrogens (tertiary/aromatic N) is 3. The third kappa shape index (κ3) is 3.19. The Morgan fingerprint density at radius 1 is 1.42 bits per heavy atom. The van der Waals surface area contributed by atoms with Crippen molar-refractivity contribution in [2.24, 2.45) is 0 Å². The van der Waals surface area contributed by atoms with Crippen LogP contribution in [0.1, 0.15) is 19.0 Å². The van der Waals surface area contributed by atoms with Gasteiger partial charge in [-0.2, -0.15) is 0 Å². The average Bonchev–Trinajstić information content (AvgIpc) is 2.57. The highest BCUT2D eigenvalue weighted by molar-refractivity contribution is 8.14. The topological polar surface area (TPSA) is 63.2 Å². The maximum absolute atomic E-state index is 12.0. The van der Waals surface area contributed by atoms with Gasteiger partial charge in [0.1, 0.15) is 5.69 Å². The fraction of sp³-hybridized carbons (Fsp3) is 0.455. The number of hydrogen-bond donors (Lipinski definition) is 0. The standard InChI is InChI=1S/C11H11Cl2N3O2S/c1-5-9(10(12)15-11(13)14-5)16-4-7(3-8(16)18)19-6(2)17/h7H,3-4H2,1-2H3. The predicted octanol–water partition coefficient (Wildman–Crippen LogP) is 2.48. The van der Waals surface area contributed by atoms with Crippen molar-refractivity contribution in [2.45, 2.75) is 25.5 Å². The first-order valence-electron chi connectivity index (χ1n) is 5.55. The van der Waals surface area contributed by atoms with Crippen molar-refractivity contribution in [3.05, 3.63) is 16.1 Å². The van der Waals surface area contributed by atoms with Crippen molar-refractivity contribution in [1.29, 1.82) is 0 Å². The van der Waals surface area contributed by atoms with Gasteiger partial charge in [0, 0.05) is 25.1 Å². The normalized spacial score (nSPS) is 19.1. The number of rotatable bonds is 2. The minimum Gasteiger partial charge on any atom is -0.307 e. The molecule has 8 heteroatoms. The zero-order chi connectivity index (χ0) is 14.2. The van der Waals surface area contributed by atoms with Crippen LogP contribution in [0.25, 0.3) is 0 Å². The molecule has 1 aromatic rings. The number of carbonyl (C=O) groups is 2. The molecule has 2 rings (SSSR count). The molecule has 19 heavy (non-hydrogen) atoms. The molecule has 1 amide bonds. The smallest absolute Gasteiger partial charge is 0.228 e. The molecule has 1 aliphatic rings. The summed E-state index contributed by atoms with van der Waals surface area (Å²) in [5, 5.41) is 0.137. The van der Waals surface area contributed by atoms with Gasteiger partial charge in [-0.1, -0.05) is 23.4 Å². The van der Waals surface area contributed by atoms with Gasteiger partial charge in [-0.3, -0.25) is 9.59 Å². The van der Waals surface area contributed by atoms with Crippen molar-refractivity contribution in [2.75, 3.05) is 11.4 Å². The summed E-state index contributed by atoms with van der Waals surface area (Å²) in [5.41, 5.74) is 1.02. The van der Waals surface area contributed by atoms with Crippen LogP contribution in [0, 0.1) is 6.92 Å². The Morgan fingerprint density at radius 2 is 2.11 bits per heavy atom. The maximum atomic E-state index is 12.0. The summed E-state index contributed by atoms with van der Waals surface area (Å²) in [6.45, 7) is 3.63. The minimum atomic E-state index is -0.0883. The highest BCUT2D eigenvalue weighted by Crippen LogP contribution is 2.34. The lowest BCUT2D eigenvalue weighted by Crippen LogP contribution is -2.26. The van der Waals surface area contributed by atoms with Gasteiger partial charge in [0.25, 0.3) is 0 Å². The number of anilines is 1. The molecule has 1 saturated heterocycles. The number of halogens is 2. The molecule has 0 aromatic carbocycles. The summed E-state index contributed by atoms with van der Waals surface area (Å²) in [4.78, 5) is 32.5. The quantitative estimate of drug-likeness (QED) is 0.619. The molecule has 1 unspecified atom stereocenters. The molecule has 1 atom stereocenters. The zero-order valence-electron chi connectivity index (χ0n) is 10.3. The molecular formula is C11H11Cl2N3O2S. The monoisotopic (exact) mass is 319 g/mol. The second-order valence-electron chi connectivity index (χ2n) is 4.16. The summed E-state index contributed by atoms with van der Waals surface area (Å²) >= 11 is 12.9. The van der Waals surface area contributed by atoms with Crippen LogP contribution in [-0.2, 0) is 9.59 Å². The van der Waals surface area contributed by atoms with Gasteiger partial charge in [-0.05, 0) is 18.5 Å². The van der Waals surface area contributed by atoms with Gasteiger partial charge in [0.05, 0.1) is 5.69 Å². The highest BCUT2D eigenvalue weighted by Gasteiger charge is 2.34. The van der Waals surface area contributed by atoms with Gasteiger partial charge >= 0.3 is 0 Å². The average molecular weight is 320 g/mol. The zero-order valence-corrected chi connectivity index (χ0v) is 12.6. The second-order valence-corrected chi connectivity index (χ2v) is 6.33. The van der Waals surface area contributed by atoms with Crippen LogP contribution < -0.4 is 4.90 Å². The lowest BCUT2D eigenvalue weighted by atomic mass is 10.3. The van der Waals surface area contributed by atoms with E-state index in [9.17, 15) is 9.59 Å². The molecule has 1 fully saturated rings. The van der Waals surface area contributed by atoms with E-state index < -0.39 is 0 Å². The summed E-state index contributed by atoms with van der Waals surface area (Å²) in [7, 11) is 0. The Kier molecular flexibility index (Phi) is 4.32. The molecule has 0 saturated carbocycles. The number of amides is 1. The number of thioether (sulfide) groups is 1. The van der Waals surface area contributed by atoms with E-state index in [-0.39, 0.29) is 26.7 Å². The lowest BCUT2D eigenvalue weighted by molar-refractivity contribution is -0.117. The largest absolute Gasteiger partial charge is 0.307 e. The molecule has 0 radical (unpaired) electrons. The van der Waals surface area contributed by atoms with Crippen molar-refractivity contribution < 1.29 is 9.59 Å². The fourth-order valence-corrected chi connectivity index (χ4v) is 3.50. The van der Waals surface area contributed by atoms with Gasteiger partial charge in [-0.15, -0.1) is 0 Å². The Hall–Kier alpha value is -0.850. The molecule has 0 spiro atoms. The summed E-state index contributed by atoms with van der Waals surface area (Å²) in [6.07, 6.45) is 0.308. The van der Waals surface area contributed by atoms with Crippen LogP contribution in [0.3, 0.4) is 0 Å². The van der Waals surface area contributed by atoms with E-state index in [1.165, 1.54) is 23.6 Å². The molecule has 2 heterocycles. The van der Waals surface area contributed by atoms with E-state index in [2.05, 4.69) is 9.97 Å². The number of hydrogen-bond acceptors (Lipinski definition) is 5. The van der Waals surface area contributed by atoms with Crippen molar-refractivity contribution in [3.8, 4) is 0 Å². The molecule has 102 valence electrons. The lowest BCUT2D eigenvalue weighted by Gasteiger charge is -2.19. The Balaban J connectivity index is 2.28. The van der Waals surface area contributed by atoms with Gasteiger partial charge in [0.15, 0.2) is 10.3 Å². The first-order valence-corrected chi connectivity index (χ1v) is 7.19. The molecule has 1 aromatic heterocycles. The van der Waals surface area contributed by atoms with Crippen LogP contribution in [0.4, 0.5) is 5.69 Å². The Morgan fingerprint density at radius 3 is 2.68 bits per heavy atom. The predicted molar refractivity (Wildman–Crippen MR) is 75.8 cm³/mol. The van der Waals surface area contributed by atoms with E-state index >= 15 is 0 Å². The first-order chi connectivity index (χ1) is 8.88. The third-order valence-electron chi connectivity index (χ3n) is 2.68. The summed E-state index contributed by atoms with van der Waals surface area (Å²) in [6, 6.07) is 0. The number of aryl methyl sites for hydroxylation is 1. The number of aromatic nitrogens is 2. The van der Waals surface area contributed by atoms with E-state index in [1.807, 2.05) is 0 Å². The van der Waals surface area contributed by atoms with Crippen LogP contribution in [0.5, 0.6) is 0 Å². The number of carbonyl (C=O) groups excluding carboxylic acids is 2. The molecular weight excluding hydrogens is 309 g/mol. The van der Waals surface area contributed by atoms with Crippen LogP contribution >= 0.6 is 35.0 Å². The van der Waals surface area contributed by atoms with E-state index in [0.717, 1.165) is 0 Å². The molecule has 0 bridgehead atoms. The van der Waals surface area contributed by atoms with E-state index in [4.69, 9.17) is 23.2 Å². The minimum absolute atomic E-state index is 0.00479. The fourth-order valence-electron chi connectivity index (χ4n) is 2.01. The SMILES string of the molecule is CC(=O)SC1CC(=O)N(c2c(C)nc(Cl)nc2Cl)C1.